The molecular weight excluding hydrogens is 1340 g/mol. The van der Waals surface area contributed by atoms with E-state index < -0.39 is 193 Å². The minimum atomic E-state index is -5.11. The Labute approximate surface area is 606 Å². The molecule has 4 aliphatic heterocycles. The van der Waals surface area contributed by atoms with Crippen LogP contribution < -0.4 is 16.0 Å². The van der Waals surface area contributed by atoms with Gasteiger partial charge in [-0.15, -0.1) is 0 Å². The number of likely N-dealkylation sites (tertiary alicyclic amines) is 1. The monoisotopic (exact) mass is 1460 g/mol. The highest BCUT2D eigenvalue weighted by molar-refractivity contribution is 6.00. The molecule has 11 amide bonds. The van der Waals surface area contributed by atoms with Gasteiger partial charge in [0.1, 0.15) is 66.1 Å². The van der Waals surface area contributed by atoms with Gasteiger partial charge in [0.25, 0.3) is 0 Å². The van der Waals surface area contributed by atoms with Crippen LogP contribution in [0, 0.1) is 35.5 Å². The normalized spacial score (nSPS) is 32.7. The van der Waals surface area contributed by atoms with Gasteiger partial charge in [0.2, 0.25) is 65.0 Å². The Morgan fingerprint density at radius 3 is 1.83 bits per heavy atom. The first-order valence-corrected chi connectivity index (χ1v) is 38.4. The third-order valence-corrected chi connectivity index (χ3v) is 24.4. The summed E-state index contributed by atoms with van der Waals surface area (Å²) in [7, 11) is 8.78. The maximum atomic E-state index is 15.7. The summed E-state index contributed by atoms with van der Waals surface area (Å²) in [5.41, 5.74) is -1.54. The molecule has 1 spiro atoms. The number of hydrogen-bond acceptors (Lipinski definition) is 13. The number of nitrogens with one attached hydrogen (secondary N) is 3. The summed E-state index contributed by atoms with van der Waals surface area (Å²) < 4.78 is 78.9. The highest BCUT2D eigenvalue weighted by Crippen LogP contribution is 2.45. The third-order valence-electron chi connectivity index (χ3n) is 24.4. The molecule has 4 saturated heterocycles. The Kier molecular flexibility index (Phi) is 28.7. The Hall–Kier alpha value is -6.26. The van der Waals surface area contributed by atoms with E-state index in [2.05, 4.69) is 16.0 Å². The van der Waals surface area contributed by atoms with Crippen molar-refractivity contribution >= 4 is 65.0 Å². The van der Waals surface area contributed by atoms with Gasteiger partial charge in [-0.05, 0) is 127 Å². The highest BCUT2D eigenvalue weighted by atomic mass is 19.4. The number of carbonyl (C=O) groups is 11. The van der Waals surface area contributed by atoms with Crippen LogP contribution in [0.2, 0.25) is 0 Å². The van der Waals surface area contributed by atoms with Crippen molar-refractivity contribution in [1.29, 1.82) is 0 Å². The lowest BCUT2D eigenvalue weighted by Crippen LogP contribution is -2.65. The topological polar surface area (TPSA) is 262 Å². The summed E-state index contributed by atoms with van der Waals surface area (Å²) in [5.74, 6) is -11.1. The number of amides is 11. The first-order valence-electron chi connectivity index (χ1n) is 38.4. The van der Waals surface area contributed by atoms with E-state index in [4.69, 9.17) is 4.74 Å². The molecule has 13 atom stereocenters. The molecular formula is C74H119F5N12O12. The van der Waals surface area contributed by atoms with Crippen LogP contribution in [0.5, 0.6) is 0 Å². The fraction of sp³-hybridized carbons (Fsp3) is 0.851. The second-order valence-electron chi connectivity index (χ2n) is 32.0. The van der Waals surface area contributed by atoms with E-state index in [1.54, 1.807) is 23.6 Å². The van der Waals surface area contributed by atoms with E-state index in [0.717, 1.165) is 44.9 Å². The van der Waals surface area contributed by atoms with Crippen molar-refractivity contribution in [3.05, 3.63) is 0 Å². The molecule has 0 radical (unpaired) electrons. The maximum absolute atomic E-state index is 15.7. The third kappa shape index (κ3) is 19.5. The Morgan fingerprint density at radius 1 is 0.631 bits per heavy atom. The lowest BCUT2D eigenvalue weighted by molar-refractivity contribution is -0.219. The molecule has 0 aromatic heterocycles. The number of rotatable bonds is 13. The zero-order chi connectivity index (χ0) is 75.7. The van der Waals surface area contributed by atoms with E-state index in [1.807, 2.05) is 20.8 Å². The molecule has 0 aromatic rings. The standard InChI is InChI=1S/C74H119F5N12O12/c1-13-45(5)62-70(100)84(8)46(6)66(96)91-34-29-54(91)68(98)86(10)57(38-47-23-16-15-17-24-47)67(97)83(7)43-59(92)80-50(28-27-48-36-52(75)61(53(76)37-48)74(77,78)79)41-90-42-51(103-14-2)39-56(90)65(95)82-73(30-20-21-31-73)72(102)88(12)63(49-25-18-19-26-49)71(101)87(11)58(69(99)89-32-22-33-89)40-60(93)85(9)55(35-44(3)4)64(94)81-62/h44-58,61-63H,13-43H2,1-12H3,(H,80,92)(H,81,94)(H,82,95)/t45-,46-,48?,50-,51+,52?,53?,54-,55-,56-,57-,58-,61?,62-,63-/m0/s1. The van der Waals surface area contributed by atoms with Crippen LogP contribution >= 0.6 is 0 Å². The van der Waals surface area contributed by atoms with Crippen LogP contribution in [-0.2, 0) is 57.5 Å². The molecule has 8 rings (SSSR count). The van der Waals surface area contributed by atoms with Crippen LogP contribution in [0.4, 0.5) is 22.0 Å². The second kappa shape index (κ2) is 35.9. The fourth-order valence-corrected chi connectivity index (χ4v) is 17.5. The van der Waals surface area contributed by atoms with Gasteiger partial charge in [0, 0.05) is 87.7 Å². The first-order chi connectivity index (χ1) is 48.6. The van der Waals surface area contributed by atoms with Gasteiger partial charge in [-0.1, -0.05) is 91.9 Å². The van der Waals surface area contributed by atoms with Crippen molar-refractivity contribution in [2.24, 2.45) is 35.5 Å². The number of nitrogens with zero attached hydrogens (tertiary/aromatic N) is 9. The molecule has 2 unspecified atom stereocenters. The zero-order valence-electron chi connectivity index (χ0n) is 63.1. The quantitative estimate of drug-likeness (QED) is 0.179. The first kappa shape index (κ1) is 82.4. The number of fused-ring (bicyclic) bond motifs is 2. The van der Waals surface area contributed by atoms with Gasteiger partial charge >= 0.3 is 6.18 Å². The van der Waals surface area contributed by atoms with Gasteiger partial charge in [0.05, 0.1) is 25.1 Å². The molecule has 582 valence electrons. The van der Waals surface area contributed by atoms with Crippen molar-refractivity contribution in [1.82, 2.24) is 60.0 Å². The molecule has 8 fully saturated rings. The van der Waals surface area contributed by atoms with Gasteiger partial charge in [-0.25, -0.2) is 8.78 Å². The fourth-order valence-electron chi connectivity index (χ4n) is 17.5. The van der Waals surface area contributed by atoms with E-state index in [-0.39, 0.29) is 95.4 Å². The summed E-state index contributed by atoms with van der Waals surface area (Å²) in [6, 6.07) is -10.2. The number of halogens is 5. The largest absolute Gasteiger partial charge is 0.397 e. The summed E-state index contributed by atoms with van der Waals surface area (Å²) >= 11 is 0. The van der Waals surface area contributed by atoms with E-state index in [1.165, 1.54) is 83.5 Å². The average molecular weight is 1460 g/mol. The average Bonchev–Trinajstić information content (AvgIpc) is 1.76. The van der Waals surface area contributed by atoms with Crippen LogP contribution in [0.1, 0.15) is 196 Å². The minimum absolute atomic E-state index is 0.0176. The summed E-state index contributed by atoms with van der Waals surface area (Å²) in [6.45, 7) is 11.3. The van der Waals surface area contributed by atoms with Crippen LogP contribution in [0.25, 0.3) is 0 Å². The highest BCUT2D eigenvalue weighted by Gasteiger charge is 2.55. The number of alkyl halides is 5. The van der Waals surface area contributed by atoms with Gasteiger partial charge in [-0.2, -0.15) is 13.2 Å². The molecule has 4 heterocycles. The van der Waals surface area contributed by atoms with Gasteiger partial charge in [-0.3, -0.25) is 57.6 Å². The van der Waals surface area contributed by atoms with Crippen LogP contribution in [-0.4, -0.2) is 282 Å². The Bertz CT molecular complexity index is 2990. The van der Waals surface area contributed by atoms with Crippen molar-refractivity contribution in [3.8, 4) is 0 Å². The minimum Gasteiger partial charge on any atom is -0.377 e. The molecule has 24 nitrogen and oxygen atoms in total. The van der Waals surface area contributed by atoms with Gasteiger partial charge in [0.15, 0.2) is 0 Å². The van der Waals surface area contributed by atoms with E-state index in [9.17, 15) is 41.9 Å². The molecule has 103 heavy (non-hydrogen) atoms. The Morgan fingerprint density at radius 2 is 1.26 bits per heavy atom. The zero-order valence-corrected chi connectivity index (χ0v) is 63.1. The van der Waals surface area contributed by atoms with Crippen molar-refractivity contribution in [3.63, 3.8) is 0 Å². The summed E-state index contributed by atoms with van der Waals surface area (Å²) in [5, 5.41) is 9.12. The van der Waals surface area contributed by atoms with E-state index >= 15 is 32.8 Å². The Balaban J connectivity index is 1.17. The number of hydrogen-bond donors (Lipinski definition) is 3. The molecule has 8 aliphatic rings. The van der Waals surface area contributed by atoms with E-state index in [0.29, 0.717) is 51.6 Å². The van der Waals surface area contributed by atoms with Crippen molar-refractivity contribution in [2.75, 3.05) is 88.2 Å². The molecule has 0 bridgehead atoms. The molecule has 29 heteroatoms. The van der Waals surface area contributed by atoms with Crippen LogP contribution in [0.3, 0.4) is 0 Å². The summed E-state index contributed by atoms with van der Waals surface area (Å²) in [6.07, 6.45) is -2.15. The smallest absolute Gasteiger partial charge is 0.377 e. The second-order valence-corrected chi connectivity index (χ2v) is 32.0. The number of ether oxygens (including phenoxy) is 1. The SMILES string of the molecule is CCO[C@@H]1C[C@H]2C(=O)NC3(CCCC3)C(=O)N(C)[C@@H](C3CCCC3)C(=O)N(C)[C@H](C(=O)N3CCC3)CC(=O)N(C)[C@@H](CC(C)C)C(=O)N[C@@H]([C@@H](C)CC)C(=O)N(C)[C@@H](C)C(=O)N3CC[C@H]3C(=O)N(C)[C@@H](CC3CCCCC3)C(=O)N(C)CC(=O)N[C@@H](CCC3CC(F)C(C(F)(F)F)C(F)C3)CN2C1. The molecule has 4 saturated carbocycles. The van der Waals surface area contributed by atoms with Gasteiger partial charge < -0.3 is 59.9 Å². The number of likely N-dealkylation sites (N-methyl/N-ethyl adjacent to an activating group) is 6. The maximum Gasteiger partial charge on any atom is 0.397 e. The summed E-state index contributed by atoms with van der Waals surface area (Å²) in [4.78, 5) is 178. The predicted octanol–water partition coefficient (Wildman–Crippen LogP) is 6.01. The van der Waals surface area contributed by atoms with Crippen molar-refractivity contribution < 1.29 is 79.4 Å². The van der Waals surface area contributed by atoms with Crippen LogP contribution in [0.15, 0.2) is 0 Å². The lowest BCUT2D eigenvalue weighted by Gasteiger charge is -2.45. The number of carbonyl (C=O) groups excluding carboxylic acids is 11. The lowest BCUT2D eigenvalue weighted by atomic mass is 9.76. The molecule has 4 aliphatic carbocycles. The van der Waals surface area contributed by atoms with Crippen molar-refractivity contribution in [2.45, 2.75) is 280 Å². The molecule has 3 N–H and O–H groups in total. The predicted molar refractivity (Wildman–Crippen MR) is 374 cm³/mol. The molecule has 0 aromatic carbocycles.